The molecule has 2 aromatic heterocycles. The third kappa shape index (κ3) is 4.56. The predicted octanol–water partition coefficient (Wildman–Crippen LogP) is 7.14. The van der Waals surface area contributed by atoms with Crippen molar-refractivity contribution in [3.8, 4) is 23.2 Å². The molecule has 0 spiro atoms. The maximum atomic E-state index is 12.9. The van der Waals surface area contributed by atoms with Crippen molar-refractivity contribution in [1.82, 2.24) is 9.78 Å². The second kappa shape index (κ2) is 9.51. The molecule has 2 heterocycles. The van der Waals surface area contributed by atoms with Crippen LogP contribution in [-0.4, -0.2) is 15.7 Å². The lowest BCUT2D eigenvalue weighted by atomic mass is 10.1. The number of carbonyl (C=O) groups is 1. The number of halogens is 2. The number of amides is 1. The van der Waals surface area contributed by atoms with E-state index in [1.165, 1.54) is 6.08 Å². The van der Waals surface area contributed by atoms with Crippen LogP contribution in [0, 0.1) is 11.3 Å². The van der Waals surface area contributed by atoms with Crippen molar-refractivity contribution in [3.05, 3.63) is 106 Å². The number of fused-ring (bicyclic) bond motifs is 1. The van der Waals surface area contributed by atoms with Gasteiger partial charge in [0.15, 0.2) is 5.76 Å². The molecule has 1 N–H and O–H groups in total. The fourth-order valence-corrected chi connectivity index (χ4v) is 4.09. The summed E-state index contributed by atoms with van der Waals surface area (Å²) < 4.78 is 7.70. The summed E-state index contributed by atoms with van der Waals surface area (Å²) in [4.78, 5) is 12.9. The fourth-order valence-electron chi connectivity index (χ4n) is 3.60. The van der Waals surface area contributed by atoms with Crippen LogP contribution in [0.4, 0.5) is 5.69 Å². The first-order valence-corrected chi connectivity index (χ1v) is 11.3. The van der Waals surface area contributed by atoms with E-state index >= 15 is 0 Å². The van der Waals surface area contributed by atoms with Crippen LogP contribution < -0.4 is 5.32 Å². The second-order valence-corrected chi connectivity index (χ2v) is 8.40. The van der Waals surface area contributed by atoms with E-state index < -0.39 is 5.91 Å². The Bertz CT molecular complexity index is 1580. The van der Waals surface area contributed by atoms with Crippen LogP contribution in [0.1, 0.15) is 5.56 Å². The Morgan fingerprint density at radius 1 is 1.00 bits per heavy atom. The summed E-state index contributed by atoms with van der Waals surface area (Å²) >= 11 is 12.3. The third-order valence-corrected chi connectivity index (χ3v) is 5.92. The van der Waals surface area contributed by atoms with Crippen molar-refractivity contribution in [3.63, 3.8) is 0 Å². The molecule has 0 saturated carbocycles. The number of anilines is 1. The lowest BCUT2D eigenvalue weighted by Crippen LogP contribution is -2.14. The van der Waals surface area contributed by atoms with Crippen LogP contribution in [0.25, 0.3) is 34.2 Å². The summed E-state index contributed by atoms with van der Waals surface area (Å²) in [5, 5.41) is 18.6. The van der Waals surface area contributed by atoms with Crippen molar-refractivity contribution in [2.45, 2.75) is 0 Å². The summed E-state index contributed by atoms with van der Waals surface area (Å²) in [6.07, 6.45) is 3.21. The first kappa shape index (κ1) is 22.5. The summed E-state index contributed by atoms with van der Waals surface area (Å²) in [6.45, 7) is 0. The molecule has 6 nitrogen and oxygen atoms in total. The molecule has 5 aromatic rings. The molecule has 0 fully saturated rings. The summed E-state index contributed by atoms with van der Waals surface area (Å²) in [5.41, 5.74) is 2.63. The van der Waals surface area contributed by atoms with E-state index in [9.17, 15) is 10.1 Å². The number of nitriles is 1. The number of para-hydroxylation sites is 3. The molecule has 0 aliphatic carbocycles. The summed E-state index contributed by atoms with van der Waals surface area (Å²) in [5.74, 6) is -0.135. The van der Waals surface area contributed by atoms with Crippen LogP contribution in [0.15, 0.2) is 95.0 Å². The zero-order chi connectivity index (χ0) is 24.4. The Balaban J connectivity index is 1.59. The number of nitrogens with zero attached hydrogens (tertiary/aromatic N) is 3. The van der Waals surface area contributed by atoms with E-state index in [0.29, 0.717) is 22.6 Å². The Morgan fingerprint density at radius 3 is 2.43 bits per heavy atom. The Kier molecular flexibility index (Phi) is 6.11. The Labute approximate surface area is 210 Å². The van der Waals surface area contributed by atoms with Gasteiger partial charge in [-0.3, -0.25) is 4.79 Å². The van der Waals surface area contributed by atoms with Crippen molar-refractivity contribution in [2.24, 2.45) is 0 Å². The molecule has 35 heavy (non-hydrogen) atoms. The Hall–Kier alpha value is -4.31. The largest absolute Gasteiger partial charge is 0.454 e. The van der Waals surface area contributed by atoms with E-state index in [-0.39, 0.29) is 21.3 Å². The molecular weight excluding hydrogens is 483 g/mol. The minimum atomic E-state index is -0.648. The molecule has 8 heteroatoms. The van der Waals surface area contributed by atoms with Gasteiger partial charge in [-0.15, -0.1) is 0 Å². The molecule has 0 saturated heterocycles. The van der Waals surface area contributed by atoms with E-state index in [1.54, 1.807) is 29.1 Å². The van der Waals surface area contributed by atoms with Gasteiger partial charge in [0.25, 0.3) is 5.91 Å². The number of benzene rings is 3. The highest BCUT2D eigenvalue weighted by atomic mass is 35.5. The number of aromatic nitrogens is 2. The molecule has 0 aliphatic heterocycles. The summed E-state index contributed by atoms with van der Waals surface area (Å²) in [7, 11) is 0. The topological polar surface area (TPSA) is 83.8 Å². The van der Waals surface area contributed by atoms with Crippen molar-refractivity contribution >= 4 is 51.8 Å². The van der Waals surface area contributed by atoms with Crippen molar-refractivity contribution in [2.75, 3.05) is 5.32 Å². The van der Waals surface area contributed by atoms with Crippen LogP contribution in [0.5, 0.6) is 0 Å². The normalized spacial score (nSPS) is 11.4. The van der Waals surface area contributed by atoms with Gasteiger partial charge in [0.1, 0.15) is 22.9 Å². The smallest absolute Gasteiger partial charge is 0.266 e. The highest BCUT2D eigenvalue weighted by Crippen LogP contribution is 2.32. The first-order chi connectivity index (χ1) is 17.0. The molecule has 5 rings (SSSR count). The fraction of sp³-hybridized carbons (Fsp3) is 0. The van der Waals surface area contributed by atoms with E-state index in [4.69, 9.17) is 32.7 Å². The van der Waals surface area contributed by atoms with Crippen molar-refractivity contribution in [1.29, 1.82) is 5.26 Å². The summed E-state index contributed by atoms with van der Waals surface area (Å²) in [6, 6.07) is 25.8. The number of nitrogens with one attached hydrogen (secondary N) is 1. The number of carbonyl (C=O) groups excluding carboxylic acids is 1. The quantitative estimate of drug-likeness (QED) is 0.206. The lowest BCUT2D eigenvalue weighted by molar-refractivity contribution is -0.112. The standard InChI is InChI=1S/C27H16Cl2N4O2/c28-21-10-6-11-22(29)26(21)31-27(34)18(15-30)13-19-16-33(20-8-2-1-3-9-20)32-25(19)24-14-17-7-4-5-12-23(17)35-24/h1-14,16H,(H,31,34). The molecule has 0 atom stereocenters. The zero-order valence-electron chi connectivity index (χ0n) is 18.1. The number of hydrogen-bond donors (Lipinski definition) is 1. The van der Waals surface area contributed by atoms with Crippen molar-refractivity contribution < 1.29 is 9.21 Å². The van der Waals surface area contributed by atoms with E-state index in [1.807, 2.05) is 66.7 Å². The average Bonchev–Trinajstić information content (AvgIpc) is 3.49. The molecule has 0 unspecified atom stereocenters. The minimum absolute atomic E-state index is 0.147. The van der Waals surface area contributed by atoms with E-state index in [2.05, 4.69) is 5.32 Å². The first-order valence-electron chi connectivity index (χ1n) is 10.5. The third-order valence-electron chi connectivity index (χ3n) is 5.29. The van der Waals surface area contributed by atoms with Gasteiger partial charge in [0.05, 0.1) is 21.4 Å². The zero-order valence-corrected chi connectivity index (χ0v) is 19.6. The van der Waals surface area contributed by atoms with Crippen LogP contribution in [-0.2, 0) is 4.79 Å². The molecule has 1 amide bonds. The number of rotatable bonds is 5. The van der Waals surface area contributed by atoms with Gasteiger partial charge in [-0.1, -0.05) is 65.7 Å². The molecular formula is C27H16Cl2N4O2. The maximum absolute atomic E-state index is 12.9. The van der Waals surface area contributed by atoms with Crippen LogP contribution in [0.3, 0.4) is 0 Å². The Morgan fingerprint density at radius 2 is 1.71 bits per heavy atom. The van der Waals surface area contributed by atoms with Crippen LogP contribution in [0.2, 0.25) is 10.0 Å². The SMILES string of the molecule is N#CC(=Cc1cn(-c2ccccc2)nc1-c1cc2ccccc2o1)C(=O)Nc1c(Cl)cccc1Cl. The highest BCUT2D eigenvalue weighted by molar-refractivity contribution is 6.40. The molecule has 0 radical (unpaired) electrons. The minimum Gasteiger partial charge on any atom is -0.454 e. The maximum Gasteiger partial charge on any atom is 0.266 e. The lowest BCUT2D eigenvalue weighted by Gasteiger charge is -2.08. The number of hydrogen-bond acceptors (Lipinski definition) is 4. The van der Waals surface area contributed by atoms with Crippen LogP contribution >= 0.6 is 23.2 Å². The van der Waals surface area contributed by atoms with Gasteiger partial charge in [-0.25, -0.2) is 4.68 Å². The van der Waals surface area contributed by atoms with Gasteiger partial charge in [-0.2, -0.15) is 10.4 Å². The number of furan rings is 1. The van der Waals surface area contributed by atoms with Gasteiger partial charge < -0.3 is 9.73 Å². The molecule has 3 aromatic carbocycles. The second-order valence-electron chi connectivity index (χ2n) is 7.58. The molecule has 0 bridgehead atoms. The predicted molar refractivity (Wildman–Crippen MR) is 137 cm³/mol. The van der Waals surface area contributed by atoms with Gasteiger partial charge in [-0.05, 0) is 42.5 Å². The van der Waals surface area contributed by atoms with Gasteiger partial charge in [0.2, 0.25) is 0 Å². The molecule has 170 valence electrons. The van der Waals surface area contributed by atoms with Gasteiger partial charge in [0, 0.05) is 17.1 Å². The highest BCUT2D eigenvalue weighted by Gasteiger charge is 2.19. The molecule has 0 aliphatic rings. The average molecular weight is 499 g/mol. The van der Waals surface area contributed by atoms with E-state index in [0.717, 1.165) is 11.1 Å². The van der Waals surface area contributed by atoms with Gasteiger partial charge >= 0.3 is 0 Å². The monoisotopic (exact) mass is 498 g/mol.